The number of carbonyl (C=O) groups is 1. The number of aliphatic hydroxyl groups is 1. The Bertz CT molecular complexity index is 1540. The lowest BCUT2D eigenvalue weighted by molar-refractivity contribution is -0.160. The monoisotopic (exact) mass is 606 g/mol. The predicted octanol–water partition coefficient (Wildman–Crippen LogP) is 4.49. The Labute approximate surface area is 254 Å². The number of aromatic amines is 1. The third-order valence-corrected chi connectivity index (χ3v) is 8.15. The molecule has 4 heterocycles. The van der Waals surface area contributed by atoms with Crippen LogP contribution >= 0.6 is 11.6 Å². The van der Waals surface area contributed by atoms with Gasteiger partial charge in [0.25, 0.3) is 6.01 Å². The topological polar surface area (TPSA) is 119 Å². The number of imidazole rings is 1. The number of esters is 1. The van der Waals surface area contributed by atoms with E-state index in [0.717, 1.165) is 36.3 Å². The van der Waals surface area contributed by atoms with Crippen molar-refractivity contribution in [3.8, 4) is 28.4 Å². The van der Waals surface area contributed by atoms with Crippen LogP contribution in [0.2, 0.25) is 5.02 Å². The van der Waals surface area contributed by atoms with E-state index in [9.17, 15) is 4.79 Å². The van der Waals surface area contributed by atoms with E-state index < -0.39 is 12.1 Å². The van der Waals surface area contributed by atoms with Gasteiger partial charge in [-0.25, -0.2) is 9.78 Å². The molecule has 11 heteroatoms. The second-order valence-corrected chi connectivity index (χ2v) is 11.4. The zero-order chi connectivity index (χ0) is 29.8. The molecule has 2 aliphatic heterocycles. The Morgan fingerprint density at radius 3 is 2.53 bits per heavy atom. The smallest absolute Gasteiger partial charge is 0.335 e. The van der Waals surface area contributed by atoms with Gasteiger partial charge in [0.1, 0.15) is 6.10 Å². The lowest BCUT2D eigenvalue weighted by Crippen LogP contribution is -2.48. The van der Waals surface area contributed by atoms with Gasteiger partial charge in [0, 0.05) is 44.0 Å². The molecule has 226 valence electrons. The second kappa shape index (κ2) is 13.4. The number of rotatable bonds is 11. The zero-order valence-electron chi connectivity index (χ0n) is 24.0. The van der Waals surface area contributed by atoms with Crippen LogP contribution in [0, 0.1) is 5.92 Å². The minimum Gasteiger partial charge on any atom is -0.467 e. The molecule has 0 unspecified atom stereocenters. The highest BCUT2D eigenvalue weighted by Gasteiger charge is 2.31. The average molecular weight is 607 g/mol. The summed E-state index contributed by atoms with van der Waals surface area (Å²) in [6.45, 7) is 4.58. The number of methoxy groups -OCH3 is 1. The third-order valence-electron chi connectivity index (χ3n) is 7.86. The fourth-order valence-electron chi connectivity index (χ4n) is 5.59. The van der Waals surface area contributed by atoms with E-state index in [1.54, 1.807) is 6.07 Å². The Kier molecular flexibility index (Phi) is 9.20. The van der Waals surface area contributed by atoms with E-state index >= 15 is 0 Å². The van der Waals surface area contributed by atoms with Crippen LogP contribution in [-0.2, 0) is 25.5 Å². The number of nitrogens with one attached hydrogen (secondary N) is 1. The Morgan fingerprint density at radius 1 is 1.09 bits per heavy atom. The molecule has 2 N–H and O–H groups in total. The van der Waals surface area contributed by atoms with Gasteiger partial charge >= 0.3 is 5.97 Å². The maximum atomic E-state index is 11.9. The number of hydrogen-bond donors (Lipinski definition) is 2. The summed E-state index contributed by atoms with van der Waals surface area (Å²) in [5.74, 6) is 0.147. The summed E-state index contributed by atoms with van der Waals surface area (Å²) in [5.41, 5.74) is 6.22. The van der Waals surface area contributed by atoms with Gasteiger partial charge in [0.05, 0.1) is 49.8 Å². The van der Waals surface area contributed by atoms with Gasteiger partial charge in [0.2, 0.25) is 0 Å². The number of ether oxygens (including phenoxy) is 4. The Morgan fingerprint density at radius 2 is 1.81 bits per heavy atom. The normalized spacial score (nSPS) is 19.3. The van der Waals surface area contributed by atoms with Crippen LogP contribution < -0.4 is 4.74 Å². The molecule has 4 aromatic rings. The van der Waals surface area contributed by atoms with Gasteiger partial charge in [-0.15, -0.1) is 0 Å². The maximum Gasteiger partial charge on any atom is 0.335 e. The van der Waals surface area contributed by atoms with E-state index in [0.29, 0.717) is 66.5 Å². The number of fused-ring (bicyclic) bond motifs is 1. The summed E-state index contributed by atoms with van der Waals surface area (Å²) in [7, 11) is 1.35. The van der Waals surface area contributed by atoms with Gasteiger partial charge < -0.3 is 29.0 Å². The predicted molar refractivity (Wildman–Crippen MR) is 162 cm³/mol. The number of benzene rings is 2. The molecular formula is C32H35ClN4O6. The van der Waals surface area contributed by atoms with Crippen LogP contribution in [-0.4, -0.2) is 89.8 Å². The number of pyridine rings is 1. The van der Waals surface area contributed by atoms with Crippen molar-refractivity contribution < 1.29 is 28.8 Å². The lowest BCUT2D eigenvalue weighted by atomic mass is 9.98. The molecule has 0 saturated carbocycles. The van der Waals surface area contributed by atoms with E-state index in [1.807, 2.05) is 12.1 Å². The van der Waals surface area contributed by atoms with Gasteiger partial charge in [-0.1, -0.05) is 60.1 Å². The molecule has 2 aromatic carbocycles. The Hall–Kier alpha value is -3.54. The summed E-state index contributed by atoms with van der Waals surface area (Å²) >= 11 is 6.64. The van der Waals surface area contributed by atoms with Crippen molar-refractivity contribution in [2.45, 2.75) is 31.6 Å². The van der Waals surface area contributed by atoms with Gasteiger partial charge in [-0.05, 0) is 22.8 Å². The SMILES string of the molecule is COC(=O)[C@@H]1C[C@H](Oc2nc3nc(-c4ccc(-c5ccc(CN6CC(COCCO)C6)cc5)cc4)c(Cl)cc3[nH]2)CCO1. The van der Waals surface area contributed by atoms with Crippen molar-refractivity contribution in [1.82, 2.24) is 19.9 Å². The van der Waals surface area contributed by atoms with Crippen LogP contribution in [0.25, 0.3) is 33.5 Å². The number of hydrogen-bond acceptors (Lipinski definition) is 9. The number of likely N-dealkylation sites (tertiary alicyclic amines) is 1. The fourth-order valence-corrected chi connectivity index (χ4v) is 5.85. The van der Waals surface area contributed by atoms with Gasteiger partial charge in [-0.3, -0.25) is 4.90 Å². The zero-order valence-corrected chi connectivity index (χ0v) is 24.8. The fraction of sp³-hybridized carbons (Fsp3) is 0.406. The molecule has 2 aromatic heterocycles. The van der Waals surface area contributed by atoms with Gasteiger partial charge in [-0.2, -0.15) is 4.98 Å². The molecule has 2 atom stereocenters. The van der Waals surface area contributed by atoms with E-state index in [1.165, 1.54) is 12.7 Å². The first-order chi connectivity index (χ1) is 21.0. The number of aromatic nitrogens is 3. The molecule has 10 nitrogen and oxygen atoms in total. The summed E-state index contributed by atoms with van der Waals surface area (Å²) in [6, 6.07) is 19.0. The van der Waals surface area contributed by atoms with E-state index in [-0.39, 0.29) is 12.7 Å². The molecule has 43 heavy (non-hydrogen) atoms. The number of carbonyl (C=O) groups excluding carboxylic acids is 1. The van der Waals surface area contributed by atoms with Crippen molar-refractivity contribution in [2.75, 3.05) is 46.6 Å². The Balaban J connectivity index is 1.08. The van der Waals surface area contributed by atoms with Crippen LogP contribution in [0.4, 0.5) is 0 Å². The number of nitrogens with zero attached hydrogens (tertiary/aromatic N) is 3. The van der Waals surface area contributed by atoms with Crippen LogP contribution in [0.1, 0.15) is 18.4 Å². The van der Waals surface area contributed by atoms with Crippen LogP contribution in [0.15, 0.2) is 54.6 Å². The molecule has 0 amide bonds. The average Bonchev–Trinajstić information content (AvgIpc) is 3.40. The van der Waals surface area contributed by atoms with Crippen LogP contribution in [0.3, 0.4) is 0 Å². The summed E-state index contributed by atoms with van der Waals surface area (Å²) in [4.78, 5) is 26.6. The summed E-state index contributed by atoms with van der Waals surface area (Å²) in [5, 5.41) is 9.34. The van der Waals surface area contributed by atoms with Crippen molar-refractivity contribution in [3.05, 3.63) is 65.2 Å². The molecule has 0 aliphatic carbocycles. The molecule has 6 rings (SSSR count). The standard InChI is InChI=1S/C32H35ClN4O6/c1-40-31(39)28-14-25(10-12-42-28)43-32-34-27-15-26(33)29(35-30(27)36-32)24-8-6-23(7-9-24)22-4-2-20(3-5-22)16-37-17-21(18-37)19-41-13-11-38/h2-9,15,21,25,28,38H,10-14,16-19H2,1H3,(H,34,35,36)/t25-,28+/m1/s1. The van der Waals surface area contributed by atoms with Crippen molar-refractivity contribution in [1.29, 1.82) is 0 Å². The molecule has 2 fully saturated rings. The van der Waals surface area contributed by atoms with E-state index in [2.05, 4.69) is 51.3 Å². The highest BCUT2D eigenvalue weighted by Crippen LogP contribution is 2.32. The second-order valence-electron chi connectivity index (χ2n) is 11.0. The highest BCUT2D eigenvalue weighted by atomic mass is 35.5. The largest absolute Gasteiger partial charge is 0.467 e. The first kappa shape index (κ1) is 29.5. The lowest BCUT2D eigenvalue weighted by Gasteiger charge is -2.39. The molecule has 2 saturated heterocycles. The third kappa shape index (κ3) is 7.00. The maximum absolute atomic E-state index is 11.9. The molecule has 0 spiro atoms. The van der Waals surface area contributed by atoms with Crippen molar-refractivity contribution >= 4 is 28.7 Å². The molecule has 0 bridgehead atoms. The molecule has 2 aliphatic rings. The number of H-pyrrole nitrogens is 1. The summed E-state index contributed by atoms with van der Waals surface area (Å²) in [6.07, 6.45) is 0.150. The quantitative estimate of drug-likeness (QED) is 0.188. The number of aliphatic hydroxyl groups excluding tert-OH is 1. The van der Waals surface area contributed by atoms with Crippen molar-refractivity contribution in [2.24, 2.45) is 5.92 Å². The summed E-state index contributed by atoms with van der Waals surface area (Å²) < 4.78 is 21.7. The highest BCUT2D eigenvalue weighted by molar-refractivity contribution is 6.33. The minimum atomic E-state index is -0.642. The first-order valence-corrected chi connectivity index (χ1v) is 14.9. The van der Waals surface area contributed by atoms with Crippen molar-refractivity contribution in [3.63, 3.8) is 0 Å². The molecular weight excluding hydrogens is 572 g/mol. The molecule has 0 radical (unpaired) electrons. The van der Waals surface area contributed by atoms with Crippen LogP contribution in [0.5, 0.6) is 6.01 Å². The minimum absolute atomic E-state index is 0.0773. The first-order valence-electron chi connectivity index (χ1n) is 14.5. The van der Waals surface area contributed by atoms with Gasteiger partial charge in [0.15, 0.2) is 11.8 Å². The van der Waals surface area contributed by atoms with E-state index in [4.69, 9.17) is 40.6 Å². The number of halogens is 1.